The fraction of sp³-hybridized carbons (Fsp3) is 0.0769. The molecule has 0 spiro atoms. The molecule has 0 saturated carbocycles. The van der Waals surface area contributed by atoms with Gasteiger partial charge in [-0.3, -0.25) is 0 Å². The third kappa shape index (κ3) is 3.82. The summed E-state index contributed by atoms with van der Waals surface area (Å²) >= 11 is 2.20. The number of rotatable bonds is 3. The molecule has 2 amide bonds. The molecule has 0 aliphatic heterocycles. The van der Waals surface area contributed by atoms with Crippen LogP contribution in [0.2, 0.25) is 0 Å². The van der Waals surface area contributed by atoms with Gasteiger partial charge in [0, 0.05) is 15.5 Å². The number of hydrogen-bond donors (Lipinski definition) is 2. The highest BCUT2D eigenvalue weighted by molar-refractivity contribution is 14.1. The van der Waals surface area contributed by atoms with Crippen molar-refractivity contribution in [3.63, 3.8) is 0 Å². The number of nitrogens with one attached hydrogen (secondary N) is 2. The van der Waals surface area contributed by atoms with E-state index in [1.807, 2.05) is 24.3 Å². The van der Waals surface area contributed by atoms with Crippen molar-refractivity contribution in [2.75, 3.05) is 17.7 Å². The minimum Gasteiger partial charge on any atom is -0.480 e. The predicted octanol–water partition coefficient (Wildman–Crippen LogP) is 3.34. The second-order valence-electron chi connectivity index (χ2n) is 3.65. The molecule has 0 radical (unpaired) electrons. The maximum absolute atomic E-state index is 11.8. The maximum atomic E-state index is 11.8. The summed E-state index contributed by atoms with van der Waals surface area (Å²) in [7, 11) is 1.50. The van der Waals surface area contributed by atoms with Crippen LogP contribution in [0.25, 0.3) is 0 Å². The Labute approximate surface area is 124 Å². The van der Waals surface area contributed by atoms with Crippen LogP contribution in [0.15, 0.2) is 42.6 Å². The van der Waals surface area contributed by atoms with Crippen molar-refractivity contribution in [1.29, 1.82) is 0 Å². The van der Waals surface area contributed by atoms with Gasteiger partial charge in [-0.25, -0.2) is 9.78 Å². The molecular weight excluding hydrogens is 357 g/mol. The molecule has 0 aliphatic carbocycles. The first-order valence-corrected chi connectivity index (χ1v) is 6.59. The second kappa shape index (κ2) is 6.37. The van der Waals surface area contributed by atoms with Gasteiger partial charge in [0.2, 0.25) is 5.88 Å². The van der Waals surface area contributed by atoms with Crippen LogP contribution in [0.5, 0.6) is 5.88 Å². The van der Waals surface area contributed by atoms with Crippen LogP contribution in [-0.4, -0.2) is 18.1 Å². The quantitative estimate of drug-likeness (QED) is 0.816. The molecule has 2 N–H and O–H groups in total. The molecule has 0 fully saturated rings. The average molecular weight is 369 g/mol. The van der Waals surface area contributed by atoms with Crippen molar-refractivity contribution in [3.05, 3.63) is 46.2 Å². The largest absolute Gasteiger partial charge is 0.480 e. The highest BCUT2D eigenvalue weighted by atomic mass is 127. The van der Waals surface area contributed by atoms with Crippen LogP contribution in [0.3, 0.4) is 0 Å². The van der Waals surface area contributed by atoms with Crippen LogP contribution >= 0.6 is 22.6 Å². The molecule has 1 aromatic carbocycles. The van der Waals surface area contributed by atoms with E-state index in [1.54, 1.807) is 18.3 Å². The van der Waals surface area contributed by atoms with Gasteiger partial charge < -0.3 is 15.4 Å². The van der Waals surface area contributed by atoms with Gasteiger partial charge in [0.1, 0.15) is 5.69 Å². The molecule has 2 rings (SSSR count). The highest BCUT2D eigenvalue weighted by Crippen LogP contribution is 2.20. The van der Waals surface area contributed by atoms with Crippen LogP contribution in [0, 0.1) is 3.57 Å². The Morgan fingerprint density at radius 3 is 2.63 bits per heavy atom. The molecule has 19 heavy (non-hydrogen) atoms. The van der Waals surface area contributed by atoms with Crippen molar-refractivity contribution in [2.45, 2.75) is 0 Å². The minimum absolute atomic E-state index is 0.340. The van der Waals surface area contributed by atoms with Crippen molar-refractivity contribution in [2.24, 2.45) is 0 Å². The number of amides is 2. The lowest BCUT2D eigenvalue weighted by Crippen LogP contribution is -2.19. The second-order valence-corrected chi connectivity index (χ2v) is 4.89. The topological polar surface area (TPSA) is 63.2 Å². The van der Waals surface area contributed by atoms with E-state index in [1.165, 1.54) is 7.11 Å². The lowest BCUT2D eigenvalue weighted by Gasteiger charge is -2.10. The molecule has 6 heteroatoms. The number of methoxy groups -OCH3 is 1. The van der Waals surface area contributed by atoms with E-state index < -0.39 is 0 Å². The summed E-state index contributed by atoms with van der Waals surface area (Å²) in [5, 5.41) is 5.42. The lowest BCUT2D eigenvalue weighted by atomic mass is 10.3. The number of benzene rings is 1. The summed E-state index contributed by atoms with van der Waals surface area (Å²) in [5.74, 6) is 0.375. The number of ether oxygens (including phenoxy) is 1. The number of halogens is 1. The zero-order valence-electron chi connectivity index (χ0n) is 10.2. The van der Waals surface area contributed by atoms with Gasteiger partial charge in [0.15, 0.2) is 0 Å². The first-order valence-electron chi connectivity index (χ1n) is 5.51. The summed E-state index contributed by atoms with van der Waals surface area (Å²) in [6.45, 7) is 0. The predicted molar refractivity (Wildman–Crippen MR) is 82.6 cm³/mol. The van der Waals surface area contributed by atoms with Crippen LogP contribution in [0.1, 0.15) is 0 Å². The number of anilines is 2. The van der Waals surface area contributed by atoms with E-state index >= 15 is 0 Å². The number of hydrogen-bond acceptors (Lipinski definition) is 3. The maximum Gasteiger partial charge on any atom is 0.323 e. The molecule has 0 aliphatic rings. The number of pyridine rings is 1. The molecule has 1 aromatic heterocycles. The molecule has 0 unspecified atom stereocenters. The van der Waals surface area contributed by atoms with Crippen molar-refractivity contribution < 1.29 is 9.53 Å². The fourth-order valence-corrected chi connectivity index (χ4v) is 1.83. The number of nitrogens with zero attached hydrogens (tertiary/aromatic N) is 1. The Hall–Kier alpha value is -1.83. The molecule has 0 saturated heterocycles. The minimum atomic E-state index is -0.340. The van der Waals surface area contributed by atoms with Gasteiger partial charge in [0.25, 0.3) is 0 Å². The summed E-state index contributed by atoms with van der Waals surface area (Å²) in [5.41, 5.74) is 1.24. The lowest BCUT2D eigenvalue weighted by molar-refractivity contribution is 0.262. The molecular formula is C13H12IN3O2. The summed E-state index contributed by atoms with van der Waals surface area (Å²) in [6.07, 6.45) is 1.60. The first-order chi connectivity index (χ1) is 9.19. The Morgan fingerprint density at radius 2 is 1.95 bits per heavy atom. The molecule has 5 nitrogen and oxygen atoms in total. The van der Waals surface area contributed by atoms with Crippen molar-refractivity contribution in [1.82, 2.24) is 4.98 Å². The van der Waals surface area contributed by atoms with E-state index in [2.05, 4.69) is 38.2 Å². The Balaban J connectivity index is 2.03. The Morgan fingerprint density at radius 1 is 1.21 bits per heavy atom. The first kappa shape index (κ1) is 13.6. The molecule has 1 heterocycles. The average Bonchev–Trinajstić information content (AvgIpc) is 2.42. The van der Waals surface area contributed by atoms with E-state index in [-0.39, 0.29) is 6.03 Å². The van der Waals surface area contributed by atoms with Crippen molar-refractivity contribution in [3.8, 4) is 5.88 Å². The Bertz CT molecular complexity index is 572. The monoisotopic (exact) mass is 369 g/mol. The van der Waals surface area contributed by atoms with E-state index in [0.717, 1.165) is 9.26 Å². The van der Waals surface area contributed by atoms with Crippen LogP contribution < -0.4 is 15.4 Å². The molecule has 0 atom stereocenters. The third-order valence-electron chi connectivity index (χ3n) is 2.31. The number of aromatic nitrogens is 1. The van der Waals surface area contributed by atoms with Gasteiger partial charge in [-0.2, -0.15) is 0 Å². The summed E-state index contributed by atoms with van der Waals surface area (Å²) in [4.78, 5) is 15.8. The van der Waals surface area contributed by atoms with E-state index in [9.17, 15) is 4.79 Å². The number of carbonyl (C=O) groups excluding carboxylic acids is 1. The van der Waals surface area contributed by atoms with Gasteiger partial charge in [0.05, 0.1) is 7.11 Å². The van der Waals surface area contributed by atoms with Crippen molar-refractivity contribution >= 4 is 40.0 Å². The standard InChI is InChI=1S/C13H12IN3O2/c1-19-12-11(3-2-8-15-12)17-13(18)16-10-6-4-9(14)5-7-10/h2-8H,1H3,(H2,16,17,18). The van der Waals surface area contributed by atoms with Crippen LogP contribution in [0.4, 0.5) is 16.2 Å². The number of urea groups is 1. The number of carbonyl (C=O) groups is 1. The zero-order chi connectivity index (χ0) is 13.7. The fourth-order valence-electron chi connectivity index (χ4n) is 1.47. The molecule has 98 valence electrons. The van der Waals surface area contributed by atoms with Crippen LogP contribution in [-0.2, 0) is 0 Å². The van der Waals surface area contributed by atoms with Gasteiger partial charge in [-0.15, -0.1) is 0 Å². The zero-order valence-corrected chi connectivity index (χ0v) is 12.3. The van der Waals surface area contributed by atoms with Gasteiger partial charge >= 0.3 is 6.03 Å². The normalized spacial score (nSPS) is 9.79. The van der Waals surface area contributed by atoms with E-state index in [4.69, 9.17) is 4.74 Å². The van der Waals surface area contributed by atoms with E-state index in [0.29, 0.717) is 11.6 Å². The Kier molecular flexibility index (Phi) is 4.56. The SMILES string of the molecule is COc1ncccc1NC(=O)Nc1ccc(I)cc1. The molecule has 2 aromatic rings. The summed E-state index contributed by atoms with van der Waals surface area (Å²) in [6, 6.07) is 10.6. The van der Waals surface area contributed by atoms with Gasteiger partial charge in [-0.1, -0.05) is 0 Å². The summed E-state index contributed by atoms with van der Waals surface area (Å²) < 4.78 is 6.17. The third-order valence-corrected chi connectivity index (χ3v) is 3.03. The highest BCUT2D eigenvalue weighted by Gasteiger charge is 2.07. The molecule has 0 bridgehead atoms. The van der Waals surface area contributed by atoms with Gasteiger partial charge in [-0.05, 0) is 59.0 Å². The smallest absolute Gasteiger partial charge is 0.323 e.